The molecule has 1 amide bonds. The van der Waals surface area contributed by atoms with E-state index in [-0.39, 0.29) is 30.7 Å². The van der Waals surface area contributed by atoms with Crippen LogP contribution >= 0.6 is 0 Å². The molecular formula is C24H29F2NO3. The Morgan fingerprint density at radius 1 is 1.03 bits per heavy atom. The second-order valence-corrected chi connectivity index (χ2v) is 7.52. The molecule has 0 aliphatic carbocycles. The summed E-state index contributed by atoms with van der Waals surface area (Å²) in [4.78, 5) is 13.8. The number of halogens is 2. The molecule has 4 nitrogen and oxygen atoms in total. The zero-order valence-electron chi connectivity index (χ0n) is 17.2. The van der Waals surface area contributed by atoms with Crippen LogP contribution in [-0.2, 0) is 21.9 Å². The van der Waals surface area contributed by atoms with Crippen molar-refractivity contribution >= 4 is 5.91 Å². The van der Waals surface area contributed by atoms with Crippen LogP contribution in [0.5, 0.6) is 5.75 Å². The molecule has 3 rings (SSSR count). The first-order chi connectivity index (χ1) is 14.5. The van der Waals surface area contributed by atoms with E-state index >= 15 is 0 Å². The van der Waals surface area contributed by atoms with Gasteiger partial charge in [0.25, 0.3) is 5.92 Å². The third kappa shape index (κ3) is 6.80. The summed E-state index contributed by atoms with van der Waals surface area (Å²) in [7, 11) is 0. The van der Waals surface area contributed by atoms with Gasteiger partial charge in [-0.2, -0.15) is 0 Å². The first kappa shape index (κ1) is 22.2. The van der Waals surface area contributed by atoms with E-state index in [0.29, 0.717) is 38.7 Å². The fourth-order valence-electron chi connectivity index (χ4n) is 3.50. The Balaban J connectivity index is 1.44. The molecule has 0 saturated carbocycles. The van der Waals surface area contributed by atoms with E-state index in [0.717, 1.165) is 12.8 Å². The van der Waals surface area contributed by atoms with E-state index in [1.165, 1.54) is 17.7 Å². The predicted molar refractivity (Wildman–Crippen MR) is 112 cm³/mol. The van der Waals surface area contributed by atoms with Crippen molar-refractivity contribution in [2.75, 3.05) is 32.9 Å². The first-order valence-corrected chi connectivity index (χ1v) is 10.6. The van der Waals surface area contributed by atoms with Gasteiger partial charge in [0.05, 0.1) is 19.8 Å². The van der Waals surface area contributed by atoms with Crippen molar-refractivity contribution in [2.45, 2.75) is 38.0 Å². The summed E-state index contributed by atoms with van der Waals surface area (Å²) in [6, 6.07) is 16.2. The molecule has 0 bridgehead atoms. The number of ether oxygens (including phenoxy) is 2. The number of rotatable bonds is 10. The highest BCUT2D eigenvalue weighted by Crippen LogP contribution is 2.35. The maximum absolute atomic E-state index is 14.6. The number of morpholine rings is 1. The summed E-state index contributed by atoms with van der Waals surface area (Å²) in [6.07, 6.45) is 1.61. The minimum absolute atomic E-state index is 0.0677. The Labute approximate surface area is 176 Å². The second-order valence-electron chi connectivity index (χ2n) is 7.52. The molecule has 30 heavy (non-hydrogen) atoms. The molecule has 1 aliphatic heterocycles. The van der Waals surface area contributed by atoms with Crippen LogP contribution < -0.4 is 4.74 Å². The lowest BCUT2D eigenvalue weighted by molar-refractivity contribution is -0.135. The number of amides is 1. The van der Waals surface area contributed by atoms with Gasteiger partial charge in [0.2, 0.25) is 5.91 Å². The van der Waals surface area contributed by atoms with Crippen LogP contribution in [0.4, 0.5) is 8.78 Å². The summed E-state index contributed by atoms with van der Waals surface area (Å²) in [5.74, 6) is -2.62. The van der Waals surface area contributed by atoms with E-state index in [1.54, 1.807) is 17.0 Å². The van der Waals surface area contributed by atoms with E-state index < -0.39 is 5.92 Å². The topological polar surface area (TPSA) is 38.8 Å². The van der Waals surface area contributed by atoms with Gasteiger partial charge in [0.1, 0.15) is 5.75 Å². The van der Waals surface area contributed by atoms with Crippen LogP contribution in [0.1, 0.15) is 36.8 Å². The van der Waals surface area contributed by atoms with Crippen LogP contribution in [0, 0.1) is 0 Å². The third-order valence-electron chi connectivity index (χ3n) is 5.22. The van der Waals surface area contributed by atoms with Crippen molar-refractivity contribution < 1.29 is 23.0 Å². The molecule has 0 aromatic heterocycles. The number of hydrogen-bond donors (Lipinski definition) is 0. The van der Waals surface area contributed by atoms with Gasteiger partial charge in [0, 0.05) is 31.5 Å². The first-order valence-electron chi connectivity index (χ1n) is 10.6. The quantitative estimate of drug-likeness (QED) is 0.521. The number of alkyl halides is 2. The number of nitrogens with zero attached hydrogens (tertiary/aromatic N) is 1. The molecule has 1 fully saturated rings. The van der Waals surface area contributed by atoms with Crippen LogP contribution in [0.2, 0.25) is 0 Å². The number of benzene rings is 2. The van der Waals surface area contributed by atoms with Crippen LogP contribution in [-0.4, -0.2) is 43.7 Å². The highest BCUT2D eigenvalue weighted by atomic mass is 19.3. The zero-order valence-corrected chi connectivity index (χ0v) is 17.2. The van der Waals surface area contributed by atoms with Crippen molar-refractivity contribution in [1.82, 2.24) is 4.90 Å². The highest BCUT2D eigenvalue weighted by Gasteiger charge is 2.31. The number of aryl methyl sites for hydroxylation is 1. The third-order valence-corrected chi connectivity index (χ3v) is 5.22. The number of carbonyl (C=O) groups is 1. The lowest BCUT2D eigenvalue weighted by atomic mass is 10.0. The lowest BCUT2D eigenvalue weighted by Crippen LogP contribution is -2.40. The molecule has 162 valence electrons. The number of hydrogen-bond acceptors (Lipinski definition) is 3. The van der Waals surface area contributed by atoms with Crippen molar-refractivity contribution in [3.63, 3.8) is 0 Å². The van der Waals surface area contributed by atoms with Crippen LogP contribution in [0.25, 0.3) is 0 Å². The van der Waals surface area contributed by atoms with E-state index in [9.17, 15) is 13.6 Å². The standard InChI is InChI=1S/C24H29F2NO3/c25-24(26,13-5-12-23(28)27-14-17-29-18-15-27)21-10-4-11-22(19-21)30-16-6-9-20-7-2-1-3-8-20/h1-4,7-8,10-11,19H,5-6,9,12-18H2. The Kier molecular flexibility index (Phi) is 8.20. The Morgan fingerprint density at radius 2 is 1.80 bits per heavy atom. The molecule has 2 aromatic carbocycles. The normalized spacial score (nSPS) is 14.5. The minimum atomic E-state index is -2.99. The van der Waals surface area contributed by atoms with E-state index in [4.69, 9.17) is 9.47 Å². The zero-order chi connectivity index (χ0) is 21.2. The van der Waals surface area contributed by atoms with Gasteiger partial charge in [-0.3, -0.25) is 4.79 Å². The Morgan fingerprint density at radius 3 is 2.57 bits per heavy atom. The molecule has 0 unspecified atom stereocenters. The summed E-state index contributed by atoms with van der Waals surface area (Å²) >= 11 is 0. The fourth-order valence-corrected chi connectivity index (χ4v) is 3.50. The van der Waals surface area contributed by atoms with Gasteiger partial charge in [-0.15, -0.1) is 0 Å². The van der Waals surface area contributed by atoms with Crippen molar-refractivity contribution in [1.29, 1.82) is 0 Å². The van der Waals surface area contributed by atoms with Crippen molar-refractivity contribution in [3.05, 3.63) is 65.7 Å². The SMILES string of the molecule is O=C(CCCC(F)(F)c1cccc(OCCCc2ccccc2)c1)N1CCOCC1. The van der Waals surface area contributed by atoms with E-state index in [2.05, 4.69) is 12.1 Å². The van der Waals surface area contributed by atoms with Gasteiger partial charge in [-0.25, -0.2) is 8.78 Å². The predicted octanol–water partition coefficient (Wildman–Crippen LogP) is 4.82. The second kappa shape index (κ2) is 11.1. The average molecular weight is 417 g/mol. The molecule has 6 heteroatoms. The molecule has 1 saturated heterocycles. The summed E-state index contributed by atoms with van der Waals surface area (Å²) in [6.45, 7) is 2.58. The summed E-state index contributed by atoms with van der Waals surface area (Å²) in [5.41, 5.74) is 1.16. The van der Waals surface area contributed by atoms with Gasteiger partial charge < -0.3 is 14.4 Å². The number of carbonyl (C=O) groups excluding carboxylic acids is 1. The Bertz CT molecular complexity index is 792. The Hall–Kier alpha value is -2.47. The molecule has 2 aromatic rings. The van der Waals surface area contributed by atoms with Gasteiger partial charge in [-0.1, -0.05) is 42.5 Å². The van der Waals surface area contributed by atoms with Crippen LogP contribution in [0.3, 0.4) is 0 Å². The smallest absolute Gasteiger partial charge is 0.273 e. The van der Waals surface area contributed by atoms with Gasteiger partial charge in [0.15, 0.2) is 0 Å². The van der Waals surface area contributed by atoms with Gasteiger partial charge in [-0.05, 0) is 37.0 Å². The lowest BCUT2D eigenvalue weighted by Gasteiger charge is -2.27. The maximum Gasteiger partial charge on any atom is 0.273 e. The van der Waals surface area contributed by atoms with E-state index in [1.807, 2.05) is 18.2 Å². The summed E-state index contributed by atoms with van der Waals surface area (Å²) in [5, 5.41) is 0. The monoisotopic (exact) mass is 417 g/mol. The fraction of sp³-hybridized carbons (Fsp3) is 0.458. The largest absolute Gasteiger partial charge is 0.494 e. The van der Waals surface area contributed by atoms with Gasteiger partial charge >= 0.3 is 0 Å². The minimum Gasteiger partial charge on any atom is -0.494 e. The van der Waals surface area contributed by atoms with Crippen LogP contribution in [0.15, 0.2) is 54.6 Å². The van der Waals surface area contributed by atoms with Crippen molar-refractivity contribution in [2.24, 2.45) is 0 Å². The maximum atomic E-state index is 14.6. The molecule has 0 radical (unpaired) electrons. The molecule has 0 spiro atoms. The molecule has 0 N–H and O–H groups in total. The molecule has 1 aliphatic rings. The average Bonchev–Trinajstić information content (AvgIpc) is 2.78. The summed E-state index contributed by atoms with van der Waals surface area (Å²) < 4.78 is 40.2. The molecule has 0 atom stereocenters. The molecule has 1 heterocycles. The highest BCUT2D eigenvalue weighted by molar-refractivity contribution is 5.76. The molecular weight excluding hydrogens is 388 g/mol. The van der Waals surface area contributed by atoms with Crippen molar-refractivity contribution in [3.8, 4) is 5.75 Å².